The first kappa shape index (κ1) is 16.6. The van der Waals surface area contributed by atoms with Gasteiger partial charge in [0.05, 0.1) is 16.8 Å². The number of methoxy groups -OCH3 is 1. The molecule has 0 spiro atoms. The molecule has 2 heterocycles. The van der Waals surface area contributed by atoms with Gasteiger partial charge in [0, 0.05) is 46.8 Å². The van der Waals surface area contributed by atoms with E-state index < -0.39 is 5.60 Å². The second-order valence-corrected chi connectivity index (χ2v) is 5.67. The first-order valence-electron chi connectivity index (χ1n) is 7.12. The Morgan fingerprint density at radius 3 is 2.62 bits per heavy atom. The minimum atomic E-state index is -0.470. The summed E-state index contributed by atoms with van der Waals surface area (Å²) in [5.74, 6) is 1.45. The van der Waals surface area contributed by atoms with Crippen LogP contribution >= 0.6 is 15.9 Å². The van der Waals surface area contributed by atoms with Crippen LogP contribution in [0.1, 0.15) is 31.3 Å². The van der Waals surface area contributed by atoms with Crippen LogP contribution in [0.2, 0.25) is 0 Å². The minimum Gasteiger partial charge on any atom is -0.381 e. The smallest absolute Gasteiger partial charge is 0.163 e. The fourth-order valence-corrected chi connectivity index (χ4v) is 3.00. The molecule has 1 N–H and O–H groups in total. The van der Waals surface area contributed by atoms with E-state index in [0.717, 1.165) is 28.8 Å². The quantitative estimate of drug-likeness (QED) is 0.841. The third-order valence-corrected chi connectivity index (χ3v) is 4.40. The zero-order valence-electron chi connectivity index (χ0n) is 12.7. The predicted molar refractivity (Wildman–Crippen MR) is 83.3 cm³/mol. The van der Waals surface area contributed by atoms with Gasteiger partial charge in [-0.2, -0.15) is 0 Å². The van der Waals surface area contributed by atoms with E-state index in [-0.39, 0.29) is 0 Å². The number of hydrogen-bond acceptors (Lipinski definition) is 6. The standard InChI is InChI=1S/C14H22BrN3O3/c1-4-21-14(5-7-20-8-6-14)13-17-10(9-19-3)11(15)12(16-2)18-13/h4-9H2,1-3H3,(H,16,17,18). The molecule has 1 aromatic heterocycles. The lowest BCUT2D eigenvalue weighted by atomic mass is 9.92. The van der Waals surface area contributed by atoms with E-state index in [2.05, 4.69) is 31.2 Å². The van der Waals surface area contributed by atoms with Gasteiger partial charge in [-0.15, -0.1) is 0 Å². The molecule has 1 fully saturated rings. The fourth-order valence-electron chi connectivity index (χ4n) is 2.51. The SMILES string of the molecule is CCOC1(c2nc(COC)c(Br)c(NC)n2)CCOCC1. The summed E-state index contributed by atoms with van der Waals surface area (Å²) >= 11 is 3.52. The maximum atomic E-state index is 6.04. The van der Waals surface area contributed by atoms with Crippen LogP contribution in [0.3, 0.4) is 0 Å². The van der Waals surface area contributed by atoms with E-state index >= 15 is 0 Å². The van der Waals surface area contributed by atoms with Crippen molar-refractivity contribution in [3.05, 3.63) is 16.0 Å². The average Bonchev–Trinajstić information content (AvgIpc) is 2.50. The summed E-state index contributed by atoms with van der Waals surface area (Å²) in [4.78, 5) is 9.32. The molecule has 1 saturated heterocycles. The molecule has 0 atom stereocenters. The number of rotatable bonds is 6. The summed E-state index contributed by atoms with van der Waals surface area (Å²) in [5, 5.41) is 3.09. The molecular weight excluding hydrogens is 338 g/mol. The van der Waals surface area contributed by atoms with Crippen LogP contribution in [0, 0.1) is 0 Å². The van der Waals surface area contributed by atoms with Gasteiger partial charge < -0.3 is 19.5 Å². The van der Waals surface area contributed by atoms with Gasteiger partial charge in [-0.3, -0.25) is 0 Å². The molecule has 0 aromatic carbocycles. The van der Waals surface area contributed by atoms with Crippen LogP contribution in [0.25, 0.3) is 0 Å². The van der Waals surface area contributed by atoms with E-state index in [4.69, 9.17) is 14.2 Å². The number of aromatic nitrogens is 2. The Labute approximate surface area is 133 Å². The third-order valence-electron chi connectivity index (χ3n) is 3.57. The van der Waals surface area contributed by atoms with Gasteiger partial charge in [-0.1, -0.05) is 0 Å². The molecule has 0 aliphatic carbocycles. The summed E-state index contributed by atoms with van der Waals surface area (Å²) in [5.41, 5.74) is 0.347. The van der Waals surface area contributed by atoms with E-state index in [1.54, 1.807) is 7.11 Å². The van der Waals surface area contributed by atoms with E-state index in [0.29, 0.717) is 32.3 Å². The Balaban J connectivity index is 2.46. The van der Waals surface area contributed by atoms with Gasteiger partial charge >= 0.3 is 0 Å². The van der Waals surface area contributed by atoms with Crippen molar-refractivity contribution in [2.45, 2.75) is 32.0 Å². The Kier molecular flexibility index (Phi) is 5.92. The Morgan fingerprint density at radius 2 is 2.05 bits per heavy atom. The van der Waals surface area contributed by atoms with Crippen molar-refractivity contribution in [2.75, 3.05) is 39.3 Å². The zero-order chi connectivity index (χ0) is 15.3. The van der Waals surface area contributed by atoms with E-state index in [9.17, 15) is 0 Å². The molecule has 0 bridgehead atoms. The highest BCUT2D eigenvalue weighted by Crippen LogP contribution is 2.36. The van der Waals surface area contributed by atoms with Crippen molar-refractivity contribution in [3.63, 3.8) is 0 Å². The van der Waals surface area contributed by atoms with Crippen LogP contribution in [0.15, 0.2) is 4.47 Å². The Morgan fingerprint density at radius 1 is 1.33 bits per heavy atom. The van der Waals surface area contributed by atoms with E-state index in [1.807, 2.05) is 14.0 Å². The van der Waals surface area contributed by atoms with Crippen LogP contribution in [-0.2, 0) is 26.4 Å². The molecule has 21 heavy (non-hydrogen) atoms. The maximum Gasteiger partial charge on any atom is 0.163 e. The molecule has 7 heteroatoms. The van der Waals surface area contributed by atoms with Crippen LogP contribution in [0.5, 0.6) is 0 Å². The van der Waals surface area contributed by atoms with Gasteiger partial charge in [-0.05, 0) is 22.9 Å². The minimum absolute atomic E-state index is 0.420. The molecule has 1 aliphatic rings. The third kappa shape index (κ3) is 3.53. The van der Waals surface area contributed by atoms with Crippen molar-refractivity contribution in [1.29, 1.82) is 0 Å². The monoisotopic (exact) mass is 359 g/mol. The largest absolute Gasteiger partial charge is 0.381 e. The van der Waals surface area contributed by atoms with Crippen LogP contribution in [0.4, 0.5) is 5.82 Å². The number of anilines is 1. The van der Waals surface area contributed by atoms with Crippen LogP contribution in [-0.4, -0.2) is 43.9 Å². The van der Waals surface area contributed by atoms with Crippen molar-refractivity contribution in [1.82, 2.24) is 9.97 Å². The molecule has 0 radical (unpaired) electrons. The van der Waals surface area contributed by atoms with Crippen molar-refractivity contribution in [3.8, 4) is 0 Å². The van der Waals surface area contributed by atoms with Gasteiger partial charge in [0.1, 0.15) is 11.4 Å². The molecule has 0 amide bonds. The molecule has 0 unspecified atom stereocenters. The fraction of sp³-hybridized carbons (Fsp3) is 0.714. The molecule has 118 valence electrons. The highest BCUT2D eigenvalue weighted by Gasteiger charge is 2.39. The normalized spacial score (nSPS) is 17.7. The van der Waals surface area contributed by atoms with Gasteiger partial charge in [0.25, 0.3) is 0 Å². The maximum absolute atomic E-state index is 6.04. The number of ether oxygens (including phenoxy) is 3. The average molecular weight is 360 g/mol. The first-order chi connectivity index (χ1) is 10.2. The van der Waals surface area contributed by atoms with Gasteiger partial charge in [-0.25, -0.2) is 9.97 Å². The zero-order valence-corrected chi connectivity index (χ0v) is 14.3. The molecule has 1 aromatic rings. The molecule has 0 saturated carbocycles. The topological polar surface area (TPSA) is 65.5 Å². The summed E-state index contributed by atoms with van der Waals surface area (Å²) in [6.07, 6.45) is 1.52. The second kappa shape index (κ2) is 7.49. The summed E-state index contributed by atoms with van der Waals surface area (Å²) in [6.45, 7) is 4.35. The number of hydrogen-bond donors (Lipinski definition) is 1. The van der Waals surface area contributed by atoms with Crippen molar-refractivity contribution in [2.24, 2.45) is 0 Å². The first-order valence-corrected chi connectivity index (χ1v) is 7.91. The number of halogens is 1. The van der Waals surface area contributed by atoms with E-state index in [1.165, 1.54) is 0 Å². The predicted octanol–water partition coefficient (Wildman–Crippen LogP) is 2.47. The molecule has 1 aliphatic heterocycles. The number of nitrogens with zero attached hydrogens (tertiary/aromatic N) is 2. The van der Waals surface area contributed by atoms with Gasteiger partial charge in [0.2, 0.25) is 0 Å². The molecule has 2 rings (SSSR count). The highest BCUT2D eigenvalue weighted by molar-refractivity contribution is 9.10. The lowest BCUT2D eigenvalue weighted by Gasteiger charge is -2.35. The lowest BCUT2D eigenvalue weighted by molar-refractivity contribution is -0.118. The Hall–Kier alpha value is -0.760. The summed E-state index contributed by atoms with van der Waals surface area (Å²) in [7, 11) is 3.49. The highest BCUT2D eigenvalue weighted by atomic mass is 79.9. The van der Waals surface area contributed by atoms with Crippen LogP contribution < -0.4 is 5.32 Å². The van der Waals surface area contributed by atoms with Crippen molar-refractivity contribution < 1.29 is 14.2 Å². The second-order valence-electron chi connectivity index (χ2n) is 4.88. The number of nitrogens with one attached hydrogen (secondary N) is 1. The molecule has 6 nitrogen and oxygen atoms in total. The van der Waals surface area contributed by atoms with Gasteiger partial charge in [0.15, 0.2) is 5.82 Å². The summed E-state index contributed by atoms with van der Waals surface area (Å²) < 4.78 is 17.6. The Bertz CT molecular complexity index is 473. The lowest BCUT2D eigenvalue weighted by Crippen LogP contribution is -2.38. The van der Waals surface area contributed by atoms with Crippen molar-refractivity contribution >= 4 is 21.7 Å². The molecular formula is C14H22BrN3O3. The summed E-state index contributed by atoms with van der Waals surface area (Å²) in [6, 6.07) is 0.